The molecule has 0 aromatic carbocycles. The van der Waals surface area contributed by atoms with E-state index in [2.05, 4.69) is 11.5 Å². The van der Waals surface area contributed by atoms with E-state index >= 15 is 0 Å². The Balaban J connectivity index is 1.75. The molecule has 1 aromatic rings. The van der Waals surface area contributed by atoms with E-state index in [1.54, 1.807) is 0 Å². The standard InChI is InChI=1S/C16H23NO2S/c1-2-3-5-14(18)12-17-9-7-13(8-10-17)16(19)15-6-4-11-20-15/h2,4,6,11,13-14,18H,1,3,5,7-10,12H2/t14-/m1/s1. The third-order valence-electron chi connectivity index (χ3n) is 3.90. The van der Waals surface area contributed by atoms with Gasteiger partial charge in [0.15, 0.2) is 5.78 Å². The molecule has 20 heavy (non-hydrogen) atoms. The summed E-state index contributed by atoms with van der Waals surface area (Å²) in [5, 5.41) is 11.9. The van der Waals surface area contributed by atoms with Gasteiger partial charge in [0.1, 0.15) is 0 Å². The molecule has 0 bridgehead atoms. The molecule has 1 aliphatic heterocycles. The quantitative estimate of drug-likeness (QED) is 0.620. The zero-order chi connectivity index (χ0) is 14.4. The Labute approximate surface area is 124 Å². The summed E-state index contributed by atoms with van der Waals surface area (Å²) in [6.45, 7) is 6.21. The summed E-state index contributed by atoms with van der Waals surface area (Å²) in [4.78, 5) is 15.4. The first kappa shape index (κ1) is 15.4. The second-order valence-corrected chi connectivity index (χ2v) is 6.38. The normalized spacial score (nSPS) is 18.9. The van der Waals surface area contributed by atoms with Crippen LogP contribution in [0.1, 0.15) is 35.4 Å². The minimum atomic E-state index is -0.280. The number of nitrogens with zero attached hydrogens (tertiary/aromatic N) is 1. The SMILES string of the molecule is C=CCC[C@@H](O)CN1CCC(C(=O)c2cccs2)CC1. The second-order valence-electron chi connectivity index (χ2n) is 5.44. The summed E-state index contributed by atoms with van der Waals surface area (Å²) in [6.07, 6.45) is 5.01. The fourth-order valence-electron chi connectivity index (χ4n) is 2.70. The average Bonchev–Trinajstić information content (AvgIpc) is 2.99. The summed E-state index contributed by atoms with van der Waals surface area (Å²) >= 11 is 1.53. The zero-order valence-corrected chi connectivity index (χ0v) is 12.6. The van der Waals surface area contributed by atoms with Gasteiger partial charge in [-0.25, -0.2) is 0 Å². The summed E-state index contributed by atoms with van der Waals surface area (Å²) in [7, 11) is 0. The molecule has 110 valence electrons. The fraction of sp³-hybridized carbons (Fsp3) is 0.562. The van der Waals surface area contributed by atoms with Gasteiger partial charge in [0, 0.05) is 12.5 Å². The van der Waals surface area contributed by atoms with Crippen LogP contribution in [0.2, 0.25) is 0 Å². The first-order valence-electron chi connectivity index (χ1n) is 7.29. The van der Waals surface area contributed by atoms with Gasteiger partial charge in [0.2, 0.25) is 0 Å². The van der Waals surface area contributed by atoms with E-state index in [1.807, 2.05) is 23.6 Å². The predicted molar refractivity (Wildman–Crippen MR) is 83.3 cm³/mol. The van der Waals surface area contributed by atoms with Crippen molar-refractivity contribution in [1.82, 2.24) is 4.90 Å². The van der Waals surface area contributed by atoms with E-state index in [1.165, 1.54) is 11.3 Å². The molecule has 1 saturated heterocycles. The molecule has 1 N–H and O–H groups in total. The number of allylic oxidation sites excluding steroid dienone is 1. The van der Waals surface area contributed by atoms with Crippen LogP contribution >= 0.6 is 11.3 Å². The van der Waals surface area contributed by atoms with Crippen molar-refractivity contribution in [1.29, 1.82) is 0 Å². The monoisotopic (exact) mass is 293 g/mol. The average molecular weight is 293 g/mol. The molecule has 3 nitrogen and oxygen atoms in total. The number of Topliss-reactive ketones (excluding diaryl/α,β-unsaturated/α-hetero) is 1. The minimum Gasteiger partial charge on any atom is -0.392 e. The highest BCUT2D eigenvalue weighted by atomic mass is 32.1. The maximum atomic E-state index is 12.3. The van der Waals surface area contributed by atoms with Gasteiger partial charge in [0.05, 0.1) is 11.0 Å². The van der Waals surface area contributed by atoms with Crippen molar-refractivity contribution in [3.05, 3.63) is 35.0 Å². The topological polar surface area (TPSA) is 40.5 Å². The molecule has 1 atom stereocenters. The first-order valence-corrected chi connectivity index (χ1v) is 8.17. The Morgan fingerprint density at radius 1 is 1.55 bits per heavy atom. The van der Waals surface area contributed by atoms with Crippen molar-refractivity contribution in [2.45, 2.75) is 31.8 Å². The van der Waals surface area contributed by atoms with Crippen molar-refractivity contribution in [3.63, 3.8) is 0 Å². The molecule has 0 aliphatic carbocycles. The van der Waals surface area contributed by atoms with Crippen LogP contribution in [0.15, 0.2) is 30.2 Å². The van der Waals surface area contributed by atoms with E-state index in [4.69, 9.17) is 0 Å². The van der Waals surface area contributed by atoms with Crippen LogP contribution in [0, 0.1) is 5.92 Å². The Bertz CT molecular complexity index is 422. The number of aliphatic hydroxyl groups is 1. The molecule has 0 saturated carbocycles. The first-order chi connectivity index (χ1) is 9.70. The van der Waals surface area contributed by atoms with Crippen LogP contribution in [0.25, 0.3) is 0 Å². The molecule has 4 heteroatoms. The van der Waals surface area contributed by atoms with Crippen LogP contribution in [0.4, 0.5) is 0 Å². The van der Waals surface area contributed by atoms with E-state index < -0.39 is 0 Å². The van der Waals surface area contributed by atoms with Gasteiger partial charge in [-0.3, -0.25) is 4.79 Å². The minimum absolute atomic E-state index is 0.162. The van der Waals surface area contributed by atoms with Crippen LogP contribution in [-0.4, -0.2) is 41.5 Å². The van der Waals surface area contributed by atoms with E-state index in [-0.39, 0.29) is 12.0 Å². The number of ketones is 1. The van der Waals surface area contributed by atoms with Gasteiger partial charge in [-0.2, -0.15) is 0 Å². The molecule has 0 amide bonds. The van der Waals surface area contributed by atoms with Crippen molar-refractivity contribution in [2.75, 3.05) is 19.6 Å². The summed E-state index contributed by atoms with van der Waals surface area (Å²) in [5.41, 5.74) is 0. The zero-order valence-electron chi connectivity index (χ0n) is 11.8. The summed E-state index contributed by atoms with van der Waals surface area (Å²) in [5.74, 6) is 0.460. The number of carbonyl (C=O) groups excluding carboxylic acids is 1. The molecule has 2 rings (SSSR count). The number of aliphatic hydroxyl groups excluding tert-OH is 1. The van der Waals surface area contributed by atoms with Gasteiger partial charge in [-0.05, 0) is 50.2 Å². The molecular formula is C16H23NO2S. The van der Waals surface area contributed by atoms with Crippen molar-refractivity contribution >= 4 is 17.1 Å². The molecule has 1 aliphatic rings. The Hall–Kier alpha value is -0.970. The maximum absolute atomic E-state index is 12.3. The number of thiophene rings is 1. The van der Waals surface area contributed by atoms with Gasteiger partial charge in [-0.15, -0.1) is 17.9 Å². The fourth-order valence-corrected chi connectivity index (χ4v) is 3.44. The number of rotatable bonds is 7. The van der Waals surface area contributed by atoms with Gasteiger partial charge >= 0.3 is 0 Å². The van der Waals surface area contributed by atoms with Crippen molar-refractivity contribution < 1.29 is 9.90 Å². The molecule has 0 radical (unpaired) electrons. The van der Waals surface area contributed by atoms with Gasteiger partial charge in [-0.1, -0.05) is 12.1 Å². The van der Waals surface area contributed by atoms with Gasteiger partial charge in [0.25, 0.3) is 0 Å². The lowest BCUT2D eigenvalue weighted by Crippen LogP contribution is -2.40. The molecule has 2 heterocycles. The lowest BCUT2D eigenvalue weighted by atomic mass is 9.91. The number of hydrogen-bond donors (Lipinski definition) is 1. The summed E-state index contributed by atoms with van der Waals surface area (Å²) in [6, 6.07) is 3.85. The predicted octanol–water partition coefficient (Wildman–Crippen LogP) is 2.97. The van der Waals surface area contributed by atoms with E-state index in [0.29, 0.717) is 12.3 Å². The number of likely N-dealkylation sites (tertiary alicyclic amines) is 1. The highest BCUT2D eigenvalue weighted by molar-refractivity contribution is 7.12. The number of piperidine rings is 1. The lowest BCUT2D eigenvalue weighted by Gasteiger charge is -2.32. The third-order valence-corrected chi connectivity index (χ3v) is 4.78. The van der Waals surface area contributed by atoms with E-state index in [0.717, 1.165) is 43.6 Å². The smallest absolute Gasteiger partial charge is 0.175 e. The van der Waals surface area contributed by atoms with E-state index in [9.17, 15) is 9.90 Å². The molecule has 1 fully saturated rings. The summed E-state index contributed by atoms with van der Waals surface area (Å²) < 4.78 is 0. The highest BCUT2D eigenvalue weighted by Gasteiger charge is 2.26. The van der Waals surface area contributed by atoms with Crippen LogP contribution < -0.4 is 0 Å². The van der Waals surface area contributed by atoms with Crippen LogP contribution in [-0.2, 0) is 0 Å². The molecular weight excluding hydrogens is 270 g/mol. The molecule has 0 spiro atoms. The highest BCUT2D eigenvalue weighted by Crippen LogP contribution is 2.24. The van der Waals surface area contributed by atoms with Gasteiger partial charge < -0.3 is 10.0 Å². The van der Waals surface area contributed by atoms with Crippen LogP contribution in [0.3, 0.4) is 0 Å². The van der Waals surface area contributed by atoms with Crippen molar-refractivity contribution in [3.8, 4) is 0 Å². The Morgan fingerprint density at radius 3 is 2.90 bits per heavy atom. The second kappa shape index (κ2) is 7.72. The Kier molecular flexibility index (Phi) is 5.95. The lowest BCUT2D eigenvalue weighted by molar-refractivity contribution is 0.0712. The Morgan fingerprint density at radius 2 is 2.30 bits per heavy atom. The van der Waals surface area contributed by atoms with Crippen molar-refractivity contribution in [2.24, 2.45) is 5.92 Å². The van der Waals surface area contributed by atoms with Crippen LogP contribution in [0.5, 0.6) is 0 Å². The largest absolute Gasteiger partial charge is 0.392 e. The number of β-amino-alcohol motifs (C(OH)–C–C–N with tert-alkyl or cyclic N) is 1. The number of hydrogen-bond acceptors (Lipinski definition) is 4. The number of carbonyl (C=O) groups is 1. The maximum Gasteiger partial charge on any atom is 0.175 e. The molecule has 0 unspecified atom stereocenters. The molecule has 1 aromatic heterocycles. The third kappa shape index (κ3) is 4.27.